The molecule has 1 aromatic carbocycles. The summed E-state index contributed by atoms with van der Waals surface area (Å²) in [7, 11) is 0. The zero-order valence-electron chi connectivity index (χ0n) is 8.94. The van der Waals surface area contributed by atoms with Crippen LogP contribution in [-0.2, 0) is 11.2 Å². The summed E-state index contributed by atoms with van der Waals surface area (Å²) in [5, 5.41) is 12.1. The van der Waals surface area contributed by atoms with Crippen molar-refractivity contribution in [3.05, 3.63) is 35.9 Å². The van der Waals surface area contributed by atoms with Crippen molar-refractivity contribution in [2.75, 3.05) is 13.1 Å². The minimum atomic E-state index is -0.736. The maximum absolute atomic E-state index is 11.0. The molecule has 0 amide bonds. The van der Waals surface area contributed by atoms with Crippen LogP contribution in [0.25, 0.3) is 0 Å². The van der Waals surface area contributed by atoms with Crippen molar-refractivity contribution in [1.82, 2.24) is 5.32 Å². The van der Waals surface area contributed by atoms with Crippen LogP contribution in [0.15, 0.2) is 30.3 Å². The van der Waals surface area contributed by atoms with Crippen molar-refractivity contribution in [1.29, 1.82) is 0 Å². The largest absolute Gasteiger partial charge is 0.481 e. The molecule has 1 atom stereocenters. The van der Waals surface area contributed by atoms with Gasteiger partial charge in [0, 0.05) is 6.54 Å². The third-order valence-corrected chi connectivity index (χ3v) is 2.31. The molecule has 82 valence electrons. The number of carbonyl (C=O) groups is 1. The summed E-state index contributed by atoms with van der Waals surface area (Å²) in [5.41, 5.74) is 1.07. The van der Waals surface area contributed by atoms with Crippen molar-refractivity contribution in [3.8, 4) is 0 Å². The quantitative estimate of drug-likeness (QED) is 0.744. The first-order valence-electron chi connectivity index (χ1n) is 5.21. The Bertz CT molecular complexity index is 298. The Hall–Kier alpha value is -1.35. The molecule has 0 spiro atoms. The van der Waals surface area contributed by atoms with Crippen molar-refractivity contribution < 1.29 is 9.90 Å². The molecule has 15 heavy (non-hydrogen) atoms. The van der Waals surface area contributed by atoms with E-state index in [9.17, 15) is 4.79 Å². The van der Waals surface area contributed by atoms with E-state index in [1.807, 2.05) is 37.3 Å². The van der Waals surface area contributed by atoms with Crippen LogP contribution in [-0.4, -0.2) is 24.2 Å². The lowest BCUT2D eigenvalue weighted by molar-refractivity contribution is -0.141. The van der Waals surface area contributed by atoms with Gasteiger partial charge in [0.15, 0.2) is 0 Å². The maximum atomic E-state index is 11.0. The van der Waals surface area contributed by atoms with Crippen molar-refractivity contribution in [3.63, 3.8) is 0 Å². The Balaban J connectivity index is 2.55. The monoisotopic (exact) mass is 207 g/mol. The molecule has 3 nitrogen and oxygen atoms in total. The molecule has 0 radical (unpaired) electrons. The van der Waals surface area contributed by atoms with Gasteiger partial charge in [0.1, 0.15) is 0 Å². The van der Waals surface area contributed by atoms with Gasteiger partial charge in [0.2, 0.25) is 0 Å². The highest BCUT2D eigenvalue weighted by atomic mass is 16.4. The third kappa shape index (κ3) is 4.13. The topological polar surface area (TPSA) is 49.3 Å². The van der Waals surface area contributed by atoms with Crippen molar-refractivity contribution in [2.45, 2.75) is 13.3 Å². The van der Waals surface area contributed by atoms with Gasteiger partial charge in [0.05, 0.1) is 5.92 Å². The SMILES string of the molecule is CCNCC(Cc1ccccc1)C(=O)O. The highest BCUT2D eigenvalue weighted by Gasteiger charge is 2.16. The van der Waals surface area contributed by atoms with Crippen LogP contribution >= 0.6 is 0 Å². The fourth-order valence-corrected chi connectivity index (χ4v) is 1.46. The normalized spacial score (nSPS) is 12.3. The average Bonchev–Trinajstić information content (AvgIpc) is 2.25. The molecule has 1 unspecified atom stereocenters. The standard InChI is InChI=1S/C12H17NO2/c1-2-13-9-11(12(14)15)8-10-6-4-3-5-7-10/h3-7,11,13H,2,8-9H2,1H3,(H,14,15). The number of hydrogen-bond acceptors (Lipinski definition) is 2. The van der Waals surface area contributed by atoms with E-state index < -0.39 is 5.97 Å². The smallest absolute Gasteiger partial charge is 0.308 e. The molecule has 0 aliphatic heterocycles. The second-order valence-electron chi connectivity index (χ2n) is 3.53. The molecule has 3 heteroatoms. The molecule has 2 N–H and O–H groups in total. The Labute approximate surface area is 90.1 Å². The molecule has 0 bridgehead atoms. The van der Waals surface area contributed by atoms with Gasteiger partial charge >= 0.3 is 5.97 Å². The zero-order valence-corrected chi connectivity index (χ0v) is 8.94. The minimum absolute atomic E-state index is 0.340. The predicted octanol–water partition coefficient (Wildman–Crippen LogP) is 1.54. The molecule has 0 fully saturated rings. The molecule has 1 aromatic rings. The first kappa shape index (κ1) is 11.7. The van der Waals surface area contributed by atoms with Gasteiger partial charge in [-0.2, -0.15) is 0 Å². The Morgan fingerprint density at radius 2 is 2.07 bits per heavy atom. The summed E-state index contributed by atoms with van der Waals surface area (Å²) in [6.07, 6.45) is 0.586. The number of rotatable bonds is 6. The van der Waals surface area contributed by atoms with Crippen LogP contribution in [0, 0.1) is 5.92 Å². The summed E-state index contributed by atoms with van der Waals surface area (Å²) in [6, 6.07) is 9.72. The lowest BCUT2D eigenvalue weighted by Gasteiger charge is -2.12. The molecule has 1 rings (SSSR count). The number of carboxylic acids is 1. The number of benzene rings is 1. The van der Waals surface area contributed by atoms with Crippen LogP contribution in [0.1, 0.15) is 12.5 Å². The number of nitrogens with one attached hydrogen (secondary N) is 1. The molecule has 0 aliphatic carbocycles. The second-order valence-corrected chi connectivity index (χ2v) is 3.53. The van der Waals surface area contributed by atoms with Crippen LogP contribution in [0.3, 0.4) is 0 Å². The zero-order chi connectivity index (χ0) is 11.1. The van der Waals surface area contributed by atoms with Crippen LogP contribution in [0.5, 0.6) is 0 Å². The van der Waals surface area contributed by atoms with E-state index in [0.29, 0.717) is 13.0 Å². The fraction of sp³-hybridized carbons (Fsp3) is 0.417. The summed E-state index contributed by atoms with van der Waals surface area (Å²) >= 11 is 0. The van der Waals surface area contributed by atoms with E-state index in [2.05, 4.69) is 5.32 Å². The van der Waals surface area contributed by atoms with E-state index in [0.717, 1.165) is 12.1 Å². The van der Waals surface area contributed by atoms with Gasteiger partial charge < -0.3 is 10.4 Å². The van der Waals surface area contributed by atoms with Crippen LogP contribution in [0.4, 0.5) is 0 Å². The Kier molecular flexibility index (Phi) is 4.84. The molecule has 0 aliphatic rings. The Morgan fingerprint density at radius 1 is 1.40 bits per heavy atom. The Morgan fingerprint density at radius 3 is 2.60 bits per heavy atom. The fourth-order valence-electron chi connectivity index (χ4n) is 1.46. The summed E-state index contributed by atoms with van der Waals surface area (Å²) in [4.78, 5) is 11.0. The summed E-state index contributed by atoms with van der Waals surface area (Å²) < 4.78 is 0. The summed E-state index contributed by atoms with van der Waals surface area (Å²) in [5.74, 6) is -1.08. The molecule has 0 saturated heterocycles. The minimum Gasteiger partial charge on any atom is -0.481 e. The first-order chi connectivity index (χ1) is 7.24. The van der Waals surface area contributed by atoms with Crippen molar-refractivity contribution in [2.24, 2.45) is 5.92 Å². The lowest BCUT2D eigenvalue weighted by Crippen LogP contribution is -2.29. The van der Waals surface area contributed by atoms with Crippen LogP contribution < -0.4 is 5.32 Å². The van der Waals surface area contributed by atoms with Gasteiger partial charge in [-0.3, -0.25) is 4.79 Å². The molecule has 0 saturated carbocycles. The van der Waals surface area contributed by atoms with Crippen LogP contribution in [0.2, 0.25) is 0 Å². The van der Waals surface area contributed by atoms with E-state index in [1.54, 1.807) is 0 Å². The third-order valence-electron chi connectivity index (χ3n) is 2.31. The predicted molar refractivity (Wildman–Crippen MR) is 59.8 cm³/mol. The molecule has 0 aromatic heterocycles. The molecule has 0 heterocycles. The first-order valence-corrected chi connectivity index (χ1v) is 5.21. The number of aliphatic carboxylic acids is 1. The van der Waals surface area contributed by atoms with E-state index in [-0.39, 0.29) is 5.92 Å². The molecular weight excluding hydrogens is 190 g/mol. The highest BCUT2D eigenvalue weighted by Crippen LogP contribution is 2.08. The van der Waals surface area contributed by atoms with E-state index in [1.165, 1.54) is 0 Å². The highest BCUT2D eigenvalue weighted by molar-refractivity contribution is 5.70. The number of carboxylic acid groups (broad SMARTS) is 1. The van der Waals surface area contributed by atoms with Gasteiger partial charge in [-0.15, -0.1) is 0 Å². The van der Waals surface area contributed by atoms with Gasteiger partial charge in [0.25, 0.3) is 0 Å². The second kappa shape index (κ2) is 6.19. The van der Waals surface area contributed by atoms with E-state index in [4.69, 9.17) is 5.11 Å². The molecular formula is C12H17NO2. The number of hydrogen-bond donors (Lipinski definition) is 2. The van der Waals surface area contributed by atoms with E-state index >= 15 is 0 Å². The maximum Gasteiger partial charge on any atom is 0.308 e. The summed E-state index contributed by atoms with van der Waals surface area (Å²) in [6.45, 7) is 3.31. The van der Waals surface area contributed by atoms with Gasteiger partial charge in [-0.1, -0.05) is 37.3 Å². The van der Waals surface area contributed by atoms with Gasteiger partial charge in [-0.25, -0.2) is 0 Å². The van der Waals surface area contributed by atoms with Gasteiger partial charge in [-0.05, 0) is 18.5 Å². The van der Waals surface area contributed by atoms with Crippen molar-refractivity contribution >= 4 is 5.97 Å². The lowest BCUT2D eigenvalue weighted by atomic mass is 9.99. The average molecular weight is 207 g/mol.